The number of likely N-dealkylation sites (N-methyl/N-ethyl adjacent to an activating group) is 1. The van der Waals surface area contributed by atoms with Gasteiger partial charge in [-0.15, -0.1) is 0 Å². The van der Waals surface area contributed by atoms with Gasteiger partial charge in [0.2, 0.25) is 6.79 Å². The topological polar surface area (TPSA) is 36.9 Å². The highest BCUT2D eigenvalue weighted by Gasteiger charge is 2.46. The van der Waals surface area contributed by atoms with Crippen molar-refractivity contribution in [3.8, 4) is 34.1 Å². The van der Waals surface area contributed by atoms with Crippen molar-refractivity contribution in [3.05, 3.63) is 34.4 Å². The van der Waals surface area contributed by atoms with E-state index in [0.29, 0.717) is 19.4 Å². The second-order valence-corrected chi connectivity index (χ2v) is 8.24. The van der Waals surface area contributed by atoms with Crippen LogP contribution in [0.15, 0.2) is 12.1 Å². The quantitative estimate of drug-likeness (QED) is 0.656. The van der Waals surface area contributed by atoms with Crippen LogP contribution in [0.3, 0.4) is 0 Å². The molecule has 0 unspecified atom stereocenters. The zero-order chi connectivity index (χ0) is 17.6. The molecule has 0 spiro atoms. The maximum absolute atomic E-state index is 6.24. The number of hydrogen-bond donors (Lipinski definition) is 0. The van der Waals surface area contributed by atoms with Crippen LogP contribution >= 0.6 is 0 Å². The van der Waals surface area contributed by atoms with Crippen LogP contribution in [0.5, 0.6) is 23.0 Å². The van der Waals surface area contributed by atoms with Crippen molar-refractivity contribution in [3.63, 3.8) is 0 Å². The lowest BCUT2D eigenvalue weighted by Gasteiger charge is -2.47. The molecule has 2 aromatic carbocycles. The van der Waals surface area contributed by atoms with Crippen molar-refractivity contribution < 1.29 is 35.8 Å². The van der Waals surface area contributed by atoms with Crippen LogP contribution in [0, 0.1) is 0 Å². The summed E-state index contributed by atoms with van der Waals surface area (Å²) in [6.07, 6.45) is 2.09. The molecule has 1 atom stereocenters. The van der Waals surface area contributed by atoms with Gasteiger partial charge in [-0.1, -0.05) is 0 Å². The molecule has 0 bridgehead atoms. The summed E-state index contributed by atoms with van der Waals surface area (Å²) in [5.41, 5.74) is 7.86. The molecule has 0 N–H and O–H groups in total. The molecule has 6 rings (SSSR count). The lowest BCUT2D eigenvalue weighted by atomic mass is 9.73. The van der Waals surface area contributed by atoms with Gasteiger partial charge in [-0.05, 0) is 23.3 Å². The smallest absolute Gasteiger partial charge is 0.231 e. The largest absolute Gasteiger partial charge is 1.00 e. The minimum atomic E-state index is 0. The Bertz CT molecular complexity index is 985. The zero-order valence-electron chi connectivity index (χ0n) is 15.7. The number of hydrogen-bond acceptors (Lipinski definition) is 4. The number of fused-ring (bicyclic) bond motifs is 2. The molecule has 3 aliphatic heterocycles. The summed E-state index contributed by atoms with van der Waals surface area (Å²) in [4.78, 5) is 0. The summed E-state index contributed by atoms with van der Waals surface area (Å²) < 4.78 is 24.4. The Hall–Kier alpha value is -2.11. The number of methoxy groups -OCH3 is 1. The highest BCUT2D eigenvalue weighted by Crippen LogP contribution is 2.59. The molecule has 27 heavy (non-hydrogen) atoms. The number of quaternary nitrogens is 1. The van der Waals surface area contributed by atoms with Gasteiger partial charge in [-0.3, -0.25) is 0 Å². The Kier molecular flexibility index (Phi) is 3.44. The number of nitrogens with zero attached hydrogens (tertiary/aromatic N) is 1. The molecule has 2 aromatic rings. The summed E-state index contributed by atoms with van der Waals surface area (Å²) in [6.45, 7) is 1.92. The molecule has 0 radical (unpaired) electrons. The van der Waals surface area contributed by atoms with Crippen LogP contribution in [0.25, 0.3) is 11.1 Å². The standard InChI is InChI=1S/C21H22NO4.ClH/c1-22(2)5-4-11-7-15(23-3)21-19-17-12(6-14(22)18(11)19)8-16-20(26-10-25-16)13(17)9-24-21;/h7-8,14H,4-6,9-10H2,1-3H3;1H/q+1;/p-1/t14-;/m0./s1. The Morgan fingerprint density at radius 3 is 2.70 bits per heavy atom. The molecule has 3 heterocycles. The fourth-order valence-corrected chi connectivity index (χ4v) is 5.23. The van der Waals surface area contributed by atoms with E-state index in [2.05, 4.69) is 26.2 Å². The lowest BCUT2D eigenvalue weighted by molar-refractivity contribution is -0.923. The molecule has 0 amide bonds. The number of ether oxygens (including phenoxy) is 4. The number of halogens is 1. The first-order valence-electron chi connectivity index (χ1n) is 9.22. The van der Waals surface area contributed by atoms with Crippen LogP contribution < -0.4 is 31.4 Å². The first-order valence-corrected chi connectivity index (χ1v) is 9.22. The van der Waals surface area contributed by atoms with E-state index in [4.69, 9.17) is 18.9 Å². The van der Waals surface area contributed by atoms with E-state index in [-0.39, 0.29) is 12.4 Å². The predicted molar refractivity (Wildman–Crippen MR) is 96.0 cm³/mol. The zero-order valence-corrected chi connectivity index (χ0v) is 16.5. The van der Waals surface area contributed by atoms with Crippen molar-refractivity contribution in [2.24, 2.45) is 0 Å². The fourth-order valence-electron chi connectivity index (χ4n) is 5.23. The number of rotatable bonds is 1. The summed E-state index contributed by atoms with van der Waals surface area (Å²) in [6, 6.07) is 4.82. The summed E-state index contributed by atoms with van der Waals surface area (Å²) in [5, 5.41) is 0. The predicted octanol–water partition coefficient (Wildman–Crippen LogP) is 0.217. The highest BCUT2D eigenvalue weighted by molar-refractivity contribution is 5.88. The highest BCUT2D eigenvalue weighted by atomic mass is 35.5. The third kappa shape index (κ3) is 2.04. The van der Waals surface area contributed by atoms with E-state index < -0.39 is 0 Å². The van der Waals surface area contributed by atoms with Crippen LogP contribution in [0.1, 0.15) is 28.3 Å². The molecule has 0 fully saturated rings. The molecule has 1 aliphatic carbocycles. The maximum Gasteiger partial charge on any atom is 0.231 e. The van der Waals surface area contributed by atoms with Gasteiger partial charge in [0.05, 0.1) is 27.7 Å². The third-order valence-electron chi connectivity index (χ3n) is 6.59. The summed E-state index contributed by atoms with van der Waals surface area (Å²) >= 11 is 0. The third-order valence-corrected chi connectivity index (χ3v) is 6.59. The van der Waals surface area contributed by atoms with Gasteiger partial charge in [-0.25, -0.2) is 0 Å². The Labute approximate surface area is 164 Å². The SMILES string of the molecule is COc1cc2c3c4c1OCc1c5c(cc(c1-4)C[C@@H]3[N+](C)(C)CC2)OCO5.[Cl-]. The second kappa shape index (κ2) is 5.46. The first-order chi connectivity index (χ1) is 12.6. The van der Waals surface area contributed by atoms with E-state index in [9.17, 15) is 0 Å². The normalized spacial score (nSPS) is 21.7. The van der Waals surface area contributed by atoms with E-state index in [0.717, 1.165) is 52.4 Å². The van der Waals surface area contributed by atoms with E-state index >= 15 is 0 Å². The van der Waals surface area contributed by atoms with E-state index in [1.165, 1.54) is 27.8 Å². The van der Waals surface area contributed by atoms with Gasteiger partial charge in [0, 0.05) is 35.1 Å². The molecule has 0 saturated heterocycles. The minimum Gasteiger partial charge on any atom is -1.00 e. The van der Waals surface area contributed by atoms with Crippen LogP contribution in [-0.2, 0) is 19.4 Å². The average Bonchev–Trinajstić information content (AvgIpc) is 3.11. The molecule has 6 heteroatoms. The van der Waals surface area contributed by atoms with Gasteiger partial charge in [-0.2, -0.15) is 0 Å². The Morgan fingerprint density at radius 1 is 1.04 bits per heavy atom. The first kappa shape index (κ1) is 17.0. The minimum absolute atomic E-state index is 0. The Balaban J connectivity index is 0.00000160. The van der Waals surface area contributed by atoms with Gasteiger partial charge in [0.25, 0.3) is 0 Å². The fraction of sp³-hybridized carbons (Fsp3) is 0.429. The number of benzene rings is 2. The van der Waals surface area contributed by atoms with Crippen LogP contribution in [0.2, 0.25) is 0 Å². The summed E-state index contributed by atoms with van der Waals surface area (Å²) in [7, 11) is 6.41. The molecule has 0 aromatic heterocycles. The van der Waals surface area contributed by atoms with Crippen LogP contribution in [-0.4, -0.2) is 39.0 Å². The molecular weight excluding hydrogens is 366 g/mol. The molecular formula is C21H22ClNO4. The van der Waals surface area contributed by atoms with E-state index in [1.807, 2.05) is 0 Å². The van der Waals surface area contributed by atoms with Crippen molar-refractivity contribution in [1.29, 1.82) is 0 Å². The molecule has 5 nitrogen and oxygen atoms in total. The Morgan fingerprint density at radius 2 is 1.89 bits per heavy atom. The monoisotopic (exact) mass is 387 g/mol. The molecule has 142 valence electrons. The van der Waals surface area contributed by atoms with Crippen molar-refractivity contribution >= 4 is 0 Å². The maximum atomic E-state index is 6.24. The van der Waals surface area contributed by atoms with E-state index in [1.54, 1.807) is 7.11 Å². The van der Waals surface area contributed by atoms with Gasteiger partial charge in [0.1, 0.15) is 12.6 Å². The second-order valence-electron chi connectivity index (χ2n) is 8.24. The summed E-state index contributed by atoms with van der Waals surface area (Å²) in [5.74, 6) is 3.46. The average molecular weight is 388 g/mol. The van der Waals surface area contributed by atoms with Gasteiger partial charge < -0.3 is 35.8 Å². The van der Waals surface area contributed by atoms with Gasteiger partial charge in [0.15, 0.2) is 23.0 Å². The van der Waals surface area contributed by atoms with Crippen LogP contribution in [0.4, 0.5) is 0 Å². The molecule has 0 saturated carbocycles. The van der Waals surface area contributed by atoms with Crippen molar-refractivity contribution in [2.75, 3.05) is 34.5 Å². The van der Waals surface area contributed by atoms with Crippen molar-refractivity contribution in [1.82, 2.24) is 0 Å². The molecule has 4 aliphatic rings. The van der Waals surface area contributed by atoms with Gasteiger partial charge >= 0.3 is 0 Å². The van der Waals surface area contributed by atoms with Crippen molar-refractivity contribution in [2.45, 2.75) is 25.5 Å². The lowest BCUT2D eigenvalue weighted by Crippen LogP contribution is -3.00.